The number of amides is 2. The van der Waals surface area contributed by atoms with Gasteiger partial charge in [-0.15, -0.1) is 0 Å². The van der Waals surface area contributed by atoms with Crippen LogP contribution in [0.25, 0.3) is 0 Å². The molecule has 0 saturated carbocycles. The molecule has 2 aliphatic heterocycles. The van der Waals surface area contributed by atoms with Gasteiger partial charge >= 0.3 is 5.97 Å². The summed E-state index contributed by atoms with van der Waals surface area (Å²) < 4.78 is 24.2. The van der Waals surface area contributed by atoms with Gasteiger partial charge in [-0.3, -0.25) is 14.5 Å². The molecule has 2 aliphatic rings. The summed E-state index contributed by atoms with van der Waals surface area (Å²) in [7, 11) is 1.49. The summed E-state index contributed by atoms with van der Waals surface area (Å²) in [6.45, 7) is -0.217. The van der Waals surface area contributed by atoms with Gasteiger partial charge in [-0.25, -0.2) is 9.18 Å². The molecule has 1 saturated heterocycles. The smallest absolute Gasteiger partial charge is 0.353 e. The number of benzene rings is 2. The Labute approximate surface area is 166 Å². The molecule has 29 heavy (non-hydrogen) atoms. The first-order valence-electron chi connectivity index (χ1n) is 9.21. The number of nitrogens with zero attached hydrogens (tertiary/aromatic N) is 2. The zero-order valence-electron chi connectivity index (χ0n) is 15.8. The number of halogens is 1. The van der Waals surface area contributed by atoms with Gasteiger partial charge in [0.2, 0.25) is 11.6 Å². The quantitative estimate of drug-likeness (QED) is 0.571. The molecule has 4 rings (SSSR count). The largest absolute Gasteiger partial charge is 0.487 e. The second-order valence-corrected chi connectivity index (χ2v) is 6.84. The summed E-state index contributed by atoms with van der Waals surface area (Å²) in [5, 5.41) is 0. The number of hydrogen-bond acceptors (Lipinski definition) is 5. The van der Waals surface area contributed by atoms with Crippen molar-refractivity contribution in [2.45, 2.75) is 18.5 Å². The Bertz CT molecular complexity index is 995. The molecule has 0 aliphatic carbocycles. The van der Waals surface area contributed by atoms with Gasteiger partial charge in [0.15, 0.2) is 11.6 Å². The van der Waals surface area contributed by atoms with Crippen molar-refractivity contribution in [3.8, 4) is 5.75 Å². The number of likely N-dealkylation sites (N-methyl/N-ethyl adjacent to an activating group) is 1. The topological polar surface area (TPSA) is 76.2 Å². The summed E-state index contributed by atoms with van der Waals surface area (Å²) >= 11 is 0. The summed E-state index contributed by atoms with van der Waals surface area (Å²) in [5.41, 5.74) is -0.769. The van der Waals surface area contributed by atoms with Crippen LogP contribution in [0.1, 0.15) is 23.2 Å². The first-order valence-corrected chi connectivity index (χ1v) is 9.21. The molecule has 0 bridgehead atoms. The molecule has 7 nitrogen and oxygen atoms in total. The molecule has 2 heterocycles. The molecule has 1 atom stereocenters. The van der Waals surface area contributed by atoms with E-state index in [1.54, 1.807) is 36.4 Å². The van der Waals surface area contributed by atoms with E-state index in [0.717, 1.165) is 0 Å². The van der Waals surface area contributed by atoms with Gasteiger partial charge in [-0.1, -0.05) is 24.3 Å². The van der Waals surface area contributed by atoms with Crippen LogP contribution in [0.15, 0.2) is 48.5 Å². The molecule has 2 aromatic carbocycles. The zero-order valence-corrected chi connectivity index (χ0v) is 15.8. The minimum Gasteiger partial charge on any atom is -0.487 e. The summed E-state index contributed by atoms with van der Waals surface area (Å²) in [5.74, 6) is -1.79. The van der Waals surface area contributed by atoms with Crippen LogP contribution in [0.3, 0.4) is 0 Å². The SMILES string of the molecule is CN1C(=O)c2ccccc2N2C(=O)CCC12C(=O)OCCOc1ccccc1F. The normalized spacial score (nSPS) is 20.3. The molecule has 0 aromatic heterocycles. The van der Waals surface area contributed by atoms with Crippen molar-refractivity contribution < 1.29 is 28.2 Å². The van der Waals surface area contributed by atoms with Gasteiger partial charge in [-0.2, -0.15) is 0 Å². The highest BCUT2D eigenvalue weighted by Crippen LogP contribution is 2.44. The predicted octanol–water partition coefficient (Wildman–Crippen LogP) is 2.36. The average molecular weight is 398 g/mol. The Morgan fingerprint density at radius 1 is 1.10 bits per heavy atom. The lowest BCUT2D eigenvalue weighted by atomic mass is 9.97. The number of ether oxygens (including phenoxy) is 2. The van der Waals surface area contributed by atoms with Crippen molar-refractivity contribution in [2.24, 2.45) is 0 Å². The minimum absolute atomic E-state index is 0.0540. The highest BCUT2D eigenvalue weighted by Gasteiger charge is 2.60. The van der Waals surface area contributed by atoms with E-state index < -0.39 is 17.4 Å². The Kier molecular flexibility index (Phi) is 4.70. The summed E-state index contributed by atoms with van der Waals surface area (Å²) in [4.78, 5) is 41.1. The van der Waals surface area contributed by atoms with Crippen molar-refractivity contribution in [1.82, 2.24) is 4.90 Å². The monoisotopic (exact) mass is 398 g/mol. The number of para-hydroxylation sites is 2. The third-order valence-corrected chi connectivity index (χ3v) is 5.28. The third-order valence-electron chi connectivity index (χ3n) is 5.28. The average Bonchev–Trinajstić information content (AvgIpc) is 3.09. The molecule has 2 aromatic rings. The lowest BCUT2D eigenvalue weighted by molar-refractivity contribution is -0.157. The van der Waals surface area contributed by atoms with Crippen LogP contribution in [0.2, 0.25) is 0 Å². The molecular weight excluding hydrogens is 379 g/mol. The second kappa shape index (κ2) is 7.20. The van der Waals surface area contributed by atoms with Crippen molar-refractivity contribution >= 4 is 23.5 Å². The number of fused-ring (bicyclic) bond motifs is 3. The van der Waals surface area contributed by atoms with E-state index in [0.29, 0.717) is 11.3 Å². The fourth-order valence-electron chi connectivity index (χ4n) is 3.85. The van der Waals surface area contributed by atoms with E-state index >= 15 is 0 Å². The van der Waals surface area contributed by atoms with Gasteiger partial charge in [0.1, 0.15) is 13.2 Å². The van der Waals surface area contributed by atoms with Gasteiger partial charge in [0.05, 0.1) is 11.3 Å². The molecule has 1 unspecified atom stereocenters. The Balaban J connectivity index is 1.53. The van der Waals surface area contributed by atoms with Crippen LogP contribution in [-0.4, -0.2) is 48.6 Å². The van der Waals surface area contributed by atoms with Gasteiger partial charge in [0.25, 0.3) is 5.91 Å². The van der Waals surface area contributed by atoms with Crippen molar-refractivity contribution in [3.05, 3.63) is 59.9 Å². The molecule has 150 valence electrons. The second-order valence-electron chi connectivity index (χ2n) is 6.84. The maximum absolute atomic E-state index is 13.6. The predicted molar refractivity (Wildman–Crippen MR) is 101 cm³/mol. The first kappa shape index (κ1) is 18.9. The van der Waals surface area contributed by atoms with Crippen LogP contribution in [-0.2, 0) is 14.3 Å². The summed E-state index contributed by atoms with van der Waals surface area (Å²) in [6, 6.07) is 12.6. The van der Waals surface area contributed by atoms with Crippen molar-refractivity contribution in [3.63, 3.8) is 0 Å². The van der Waals surface area contributed by atoms with E-state index in [1.165, 1.54) is 29.0 Å². The van der Waals surface area contributed by atoms with E-state index in [9.17, 15) is 18.8 Å². The molecule has 0 spiro atoms. The van der Waals surface area contributed by atoms with Crippen molar-refractivity contribution in [1.29, 1.82) is 0 Å². The van der Waals surface area contributed by atoms with Gasteiger partial charge in [-0.05, 0) is 24.3 Å². The number of hydrogen-bond donors (Lipinski definition) is 0. The lowest BCUT2D eigenvalue weighted by Crippen LogP contribution is -2.67. The lowest BCUT2D eigenvalue weighted by Gasteiger charge is -2.46. The first-order chi connectivity index (χ1) is 14.0. The van der Waals surface area contributed by atoms with E-state index in [2.05, 4.69) is 0 Å². The van der Waals surface area contributed by atoms with E-state index in [-0.39, 0.29) is 43.6 Å². The molecule has 8 heteroatoms. The highest BCUT2D eigenvalue weighted by molar-refractivity contribution is 6.15. The fourth-order valence-corrected chi connectivity index (χ4v) is 3.85. The van der Waals surface area contributed by atoms with E-state index in [1.807, 2.05) is 0 Å². The fraction of sp³-hybridized carbons (Fsp3) is 0.286. The van der Waals surface area contributed by atoms with Crippen LogP contribution < -0.4 is 9.64 Å². The van der Waals surface area contributed by atoms with Crippen molar-refractivity contribution in [2.75, 3.05) is 25.2 Å². The maximum atomic E-state index is 13.6. The zero-order chi connectivity index (χ0) is 20.6. The standard InChI is InChI=1S/C21H19FN2O5/c1-23-19(26)14-6-2-4-8-16(14)24-18(25)10-11-21(23,24)20(27)29-13-12-28-17-9-5-3-7-15(17)22/h2-9H,10-13H2,1H3. The summed E-state index contributed by atoms with van der Waals surface area (Å²) in [6.07, 6.45) is 0.252. The minimum atomic E-state index is -1.53. The van der Waals surface area contributed by atoms with Gasteiger partial charge in [0, 0.05) is 19.9 Å². The Morgan fingerprint density at radius 2 is 1.83 bits per heavy atom. The van der Waals surface area contributed by atoms with Crippen LogP contribution in [0, 0.1) is 5.82 Å². The number of rotatable bonds is 5. The highest BCUT2D eigenvalue weighted by atomic mass is 19.1. The molecular formula is C21H19FN2O5. The molecule has 0 radical (unpaired) electrons. The number of carbonyl (C=O) groups is 3. The maximum Gasteiger partial charge on any atom is 0.353 e. The van der Waals surface area contributed by atoms with E-state index in [4.69, 9.17) is 9.47 Å². The van der Waals surface area contributed by atoms with Gasteiger partial charge < -0.3 is 14.4 Å². The number of esters is 1. The van der Waals surface area contributed by atoms with Crippen LogP contribution >= 0.6 is 0 Å². The van der Waals surface area contributed by atoms with Crippen LogP contribution in [0.4, 0.5) is 10.1 Å². The molecule has 0 N–H and O–H groups in total. The number of anilines is 1. The Hall–Kier alpha value is -3.42. The van der Waals surface area contributed by atoms with Crippen LogP contribution in [0.5, 0.6) is 5.75 Å². The molecule has 1 fully saturated rings. The third kappa shape index (κ3) is 2.91. The Morgan fingerprint density at radius 3 is 2.62 bits per heavy atom. The molecule has 2 amide bonds. The number of carbonyl (C=O) groups excluding carboxylic acids is 3.